The van der Waals surface area contributed by atoms with Crippen LogP contribution in [0.25, 0.3) is 0 Å². The Morgan fingerprint density at radius 1 is 1.36 bits per heavy atom. The summed E-state index contributed by atoms with van der Waals surface area (Å²) in [7, 11) is -1.57. The summed E-state index contributed by atoms with van der Waals surface area (Å²) in [6, 6.07) is 0. The highest BCUT2D eigenvalue weighted by molar-refractivity contribution is 6.57. The third-order valence-electron chi connectivity index (χ3n) is 2.04. The monoisotopic (exact) mass is 172 g/mol. The van der Waals surface area contributed by atoms with Gasteiger partial charge in [-0.3, -0.25) is 0 Å². The molecular formula is C9H20OSi. The number of hydrogen-bond donors (Lipinski definition) is 1. The molecule has 0 amide bonds. The van der Waals surface area contributed by atoms with Gasteiger partial charge in [-0.1, -0.05) is 45.2 Å². The quantitative estimate of drug-likeness (QED) is 0.610. The SMILES string of the molecule is C=C[SiH](O)C(CCC)CCC. The molecule has 2 heteroatoms. The van der Waals surface area contributed by atoms with E-state index >= 15 is 0 Å². The lowest BCUT2D eigenvalue weighted by Crippen LogP contribution is -2.17. The predicted octanol–water partition coefficient (Wildman–Crippen LogP) is 2.40. The molecule has 0 aromatic carbocycles. The molecule has 0 aliphatic carbocycles. The molecule has 1 nitrogen and oxygen atoms in total. The van der Waals surface area contributed by atoms with Gasteiger partial charge in [0.05, 0.1) is 0 Å². The summed E-state index contributed by atoms with van der Waals surface area (Å²) in [5.74, 6) is 0. The standard InChI is InChI=1S/C9H20OSi/c1-4-7-9(8-5-2)11(10)6-3/h6,9-11H,3-5,7-8H2,1-2H3. The predicted molar refractivity (Wildman–Crippen MR) is 53.1 cm³/mol. The molecule has 0 spiro atoms. The van der Waals surface area contributed by atoms with Crippen LogP contribution in [0.2, 0.25) is 5.54 Å². The third-order valence-corrected chi connectivity index (χ3v) is 4.16. The Morgan fingerprint density at radius 2 is 1.82 bits per heavy atom. The fraction of sp³-hybridized carbons (Fsp3) is 0.778. The van der Waals surface area contributed by atoms with Gasteiger partial charge in [-0.2, -0.15) is 0 Å². The summed E-state index contributed by atoms with van der Waals surface area (Å²) in [6.45, 7) is 8.00. The van der Waals surface area contributed by atoms with Crippen molar-refractivity contribution in [3.8, 4) is 0 Å². The van der Waals surface area contributed by atoms with Crippen molar-refractivity contribution in [2.24, 2.45) is 0 Å². The fourth-order valence-corrected chi connectivity index (χ4v) is 3.15. The van der Waals surface area contributed by atoms with Crippen molar-refractivity contribution in [3.05, 3.63) is 12.3 Å². The zero-order valence-corrected chi connectivity index (χ0v) is 8.87. The van der Waals surface area contributed by atoms with E-state index < -0.39 is 9.04 Å². The van der Waals surface area contributed by atoms with Gasteiger partial charge in [0, 0.05) is 0 Å². The molecule has 0 saturated carbocycles. The molecule has 1 unspecified atom stereocenters. The molecule has 1 N–H and O–H groups in total. The topological polar surface area (TPSA) is 20.2 Å². The second-order valence-corrected chi connectivity index (χ2v) is 5.46. The van der Waals surface area contributed by atoms with Crippen LogP contribution in [-0.2, 0) is 0 Å². The summed E-state index contributed by atoms with van der Waals surface area (Å²) in [5.41, 5.74) is 2.36. The molecular weight excluding hydrogens is 152 g/mol. The van der Waals surface area contributed by atoms with E-state index in [0.29, 0.717) is 5.54 Å². The molecule has 0 radical (unpaired) electrons. The lowest BCUT2D eigenvalue weighted by Gasteiger charge is -2.16. The zero-order chi connectivity index (χ0) is 8.69. The van der Waals surface area contributed by atoms with E-state index in [2.05, 4.69) is 20.4 Å². The van der Waals surface area contributed by atoms with Gasteiger partial charge in [0.25, 0.3) is 0 Å². The van der Waals surface area contributed by atoms with Gasteiger partial charge in [-0.15, -0.1) is 6.58 Å². The van der Waals surface area contributed by atoms with Crippen molar-refractivity contribution in [3.63, 3.8) is 0 Å². The van der Waals surface area contributed by atoms with Crippen LogP contribution in [0.4, 0.5) is 0 Å². The van der Waals surface area contributed by atoms with Crippen molar-refractivity contribution in [2.75, 3.05) is 0 Å². The van der Waals surface area contributed by atoms with E-state index in [0.717, 1.165) is 0 Å². The van der Waals surface area contributed by atoms with E-state index in [9.17, 15) is 4.80 Å². The third kappa shape index (κ3) is 4.38. The van der Waals surface area contributed by atoms with Gasteiger partial charge in [0.2, 0.25) is 0 Å². The molecule has 0 aromatic rings. The molecule has 0 bridgehead atoms. The Balaban J connectivity index is 3.75. The van der Waals surface area contributed by atoms with Crippen molar-refractivity contribution >= 4 is 9.04 Å². The Hall–Kier alpha value is -0.0831. The minimum Gasteiger partial charge on any atom is -0.431 e. The molecule has 0 rings (SSSR count). The lowest BCUT2D eigenvalue weighted by molar-refractivity contribution is 0.522. The Kier molecular flexibility index (Phi) is 6.57. The molecule has 0 heterocycles. The Morgan fingerprint density at radius 3 is 2.09 bits per heavy atom. The van der Waals surface area contributed by atoms with Crippen molar-refractivity contribution in [1.82, 2.24) is 0 Å². The average Bonchev–Trinajstić information content (AvgIpc) is 2.03. The van der Waals surface area contributed by atoms with Gasteiger partial charge in [-0.25, -0.2) is 0 Å². The second kappa shape index (κ2) is 6.62. The van der Waals surface area contributed by atoms with Crippen LogP contribution in [0.1, 0.15) is 39.5 Å². The van der Waals surface area contributed by atoms with E-state index in [1.54, 1.807) is 5.70 Å². The van der Waals surface area contributed by atoms with Crippen LogP contribution in [0.3, 0.4) is 0 Å². The van der Waals surface area contributed by atoms with Crippen molar-refractivity contribution in [2.45, 2.75) is 45.1 Å². The van der Waals surface area contributed by atoms with Crippen LogP contribution < -0.4 is 0 Å². The fourth-order valence-electron chi connectivity index (χ4n) is 1.42. The average molecular weight is 172 g/mol. The van der Waals surface area contributed by atoms with E-state index in [1.165, 1.54) is 25.7 Å². The molecule has 0 aliphatic heterocycles. The number of hydrogen-bond acceptors (Lipinski definition) is 1. The summed E-state index contributed by atoms with van der Waals surface area (Å²) in [5, 5.41) is 0. The van der Waals surface area contributed by atoms with Crippen molar-refractivity contribution < 1.29 is 4.80 Å². The maximum absolute atomic E-state index is 9.60. The van der Waals surface area contributed by atoms with Crippen LogP contribution in [0.15, 0.2) is 12.3 Å². The first-order valence-electron chi connectivity index (χ1n) is 4.56. The summed E-state index contributed by atoms with van der Waals surface area (Å²) >= 11 is 0. The largest absolute Gasteiger partial charge is 0.431 e. The van der Waals surface area contributed by atoms with Gasteiger partial charge < -0.3 is 4.80 Å². The minimum atomic E-state index is -1.57. The minimum absolute atomic E-state index is 0.572. The van der Waals surface area contributed by atoms with Gasteiger partial charge in [-0.05, 0) is 5.54 Å². The summed E-state index contributed by atoms with van der Waals surface area (Å²) in [4.78, 5) is 9.60. The van der Waals surface area contributed by atoms with E-state index in [-0.39, 0.29) is 0 Å². The Bertz CT molecular complexity index is 97.7. The van der Waals surface area contributed by atoms with Gasteiger partial charge in [0.1, 0.15) is 0 Å². The highest BCUT2D eigenvalue weighted by Gasteiger charge is 2.15. The van der Waals surface area contributed by atoms with Crippen LogP contribution in [0, 0.1) is 0 Å². The molecule has 0 fully saturated rings. The molecule has 0 aromatic heterocycles. The highest BCUT2D eigenvalue weighted by Crippen LogP contribution is 2.22. The highest BCUT2D eigenvalue weighted by atomic mass is 28.3. The van der Waals surface area contributed by atoms with Crippen LogP contribution in [-0.4, -0.2) is 13.8 Å². The maximum Gasteiger partial charge on any atom is 0.199 e. The smallest absolute Gasteiger partial charge is 0.199 e. The summed E-state index contributed by atoms with van der Waals surface area (Å²) < 4.78 is 0. The molecule has 66 valence electrons. The first-order chi connectivity index (χ1) is 5.26. The normalized spacial score (nSPS) is 13.5. The van der Waals surface area contributed by atoms with Gasteiger partial charge in [0.15, 0.2) is 9.04 Å². The zero-order valence-electron chi connectivity index (χ0n) is 7.71. The first kappa shape index (κ1) is 10.9. The summed E-state index contributed by atoms with van der Waals surface area (Å²) in [6.07, 6.45) is 4.71. The second-order valence-electron chi connectivity index (χ2n) is 3.06. The van der Waals surface area contributed by atoms with E-state index in [1.807, 2.05) is 0 Å². The molecule has 11 heavy (non-hydrogen) atoms. The first-order valence-corrected chi connectivity index (χ1v) is 6.41. The molecule has 0 saturated heterocycles. The van der Waals surface area contributed by atoms with Gasteiger partial charge >= 0.3 is 0 Å². The van der Waals surface area contributed by atoms with Crippen LogP contribution >= 0.6 is 0 Å². The molecule has 1 atom stereocenters. The number of rotatable bonds is 6. The Labute approximate surface area is 71.9 Å². The van der Waals surface area contributed by atoms with E-state index in [4.69, 9.17) is 0 Å². The van der Waals surface area contributed by atoms with Crippen LogP contribution in [0.5, 0.6) is 0 Å². The molecule has 0 aliphatic rings. The van der Waals surface area contributed by atoms with Crippen molar-refractivity contribution in [1.29, 1.82) is 0 Å². The lowest BCUT2D eigenvalue weighted by atomic mass is 10.1. The maximum atomic E-state index is 9.60.